The summed E-state index contributed by atoms with van der Waals surface area (Å²) in [6.07, 6.45) is 0. The Kier molecular flexibility index (Phi) is 4.07. The predicted molar refractivity (Wildman–Crippen MR) is 75.2 cm³/mol. The Hall–Kier alpha value is -1.59. The maximum absolute atomic E-state index is 13.1. The van der Waals surface area contributed by atoms with Crippen LogP contribution in [0.25, 0.3) is 0 Å². The van der Waals surface area contributed by atoms with Gasteiger partial charge in [-0.05, 0) is 46.3 Å². The van der Waals surface area contributed by atoms with Gasteiger partial charge in [-0.3, -0.25) is 4.79 Å². The van der Waals surface area contributed by atoms with Crippen LogP contribution in [-0.2, 0) is 0 Å². The molecule has 0 saturated carbocycles. The summed E-state index contributed by atoms with van der Waals surface area (Å²) >= 11 is 8.83. The molecule has 0 aliphatic heterocycles. The molecule has 2 N–H and O–H groups in total. The zero-order chi connectivity index (χ0) is 14.0. The molecule has 2 aromatic rings. The topological polar surface area (TPSA) is 49.3 Å². The first-order valence-corrected chi connectivity index (χ1v) is 6.39. The van der Waals surface area contributed by atoms with Crippen molar-refractivity contribution in [2.75, 3.05) is 5.32 Å². The predicted octanol–water partition coefficient (Wildman–Crippen LogP) is 4.20. The van der Waals surface area contributed by atoms with Gasteiger partial charge in [0.1, 0.15) is 11.6 Å². The Labute approximate surface area is 122 Å². The maximum atomic E-state index is 13.1. The number of nitrogens with one attached hydrogen (secondary N) is 1. The fourth-order valence-corrected chi connectivity index (χ4v) is 2.00. The van der Waals surface area contributed by atoms with Crippen LogP contribution in [0.5, 0.6) is 5.75 Å². The third kappa shape index (κ3) is 3.24. The van der Waals surface area contributed by atoms with Crippen LogP contribution in [0.3, 0.4) is 0 Å². The summed E-state index contributed by atoms with van der Waals surface area (Å²) in [5, 5.41) is 12.2. The molecule has 1 amide bonds. The first kappa shape index (κ1) is 13.8. The molecule has 0 radical (unpaired) electrons. The largest absolute Gasteiger partial charge is 0.506 e. The highest BCUT2D eigenvalue weighted by atomic mass is 79.9. The summed E-state index contributed by atoms with van der Waals surface area (Å²) in [7, 11) is 0. The lowest BCUT2D eigenvalue weighted by Crippen LogP contribution is -2.12. The zero-order valence-corrected chi connectivity index (χ0v) is 11.8. The fourth-order valence-electron chi connectivity index (χ4n) is 1.46. The van der Waals surface area contributed by atoms with Gasteiger partial charge in [-0.15, -0.1) is 0 Å². The molecule has 0 bridgehead atoms. The molecule has 98 valence electrons. The molecular formula is C13H8BrClFNO2. The van der Waals surface area contributed by atoms with Crippen LogP contribution in [0.4, 0.5) is 10.1 Å². The lowest BCUT2D eigenvalue weighted by molar-refractivity contribution is 0.102. The summed E-state index contributed by atoms with van der Waals surface area (Å²) in [6.45, 7) is 0. The van der Waals surface area contributed by atoms with Crippen LogP contribution >= 0.6 is 27.5 Å². The van der Waals surface area contributed by atoms with Crippen molar-refractivity contribution in [3.05, 3.63) is 57.3 Å². The first-order chi connectivity index (χ1) is 8.97. The quantitative estimate of drug-likeness (QED) is 0.858. The number of amides is 1. The molecule has 0 saturated heterocycles. The number of carbonyl (C=O) groups is 1. The fraction of sp³-hybridized carbons (Fsp3) is 0. The minimum Gasteiger partial charge on any atom is -0.506 e. The van der Waals surface area contributed by atoms with Gasteiger partial charge in [-0.25, -0.2) is 4.39 Å². The molecule has 0 fully saturated rings. The van der Waals surface area contributed by atoms with Gasteiger partial charge in [0, 0.05) is 16.2 Å². The molecule has 19 heavy (non-hydrogen) atoms. The molecule has 3 nitrogen and oxygen atoms in total. The summed E-state index contributed by atoms with van der Waals surface area (Å²) in [4.78, 5) is 12.0. The van der Waals surface area contributed by atoms with Crippen LogP contribution < -0.4 is 5.32 Å². The normalized spacial score (nSPS) is 10.3. The van der Waals surface area contributed by atoms with E-state index in [1.807, 2.05) is 0 Å². The van der Waals surface area contributed by atoms with Crippen LogP contribution in [0, 0.1) is 5.82 Å². The average molecular weight is 345 g/mol. The van der Waals surface area contributed by atoms with Gasteiger partial charge in [-0.1, -0.05) is 11.6 Å². The monoisotopic (exact) mass is 343 g/mol. The van der Waals surface area contributed by atoms with Crippen LogP contribution in [-0.4, -0.2) is 11.0 Å². The van der Waals surface area contributed by atoms with Crippen molar-refractivity contribution >= 4 is 39.1 Å². The van der Waals surface area contributed by atoms with Crippen molar-refractivity contribution in [1.82, 2.24) is 0 Å². The molecule has 6 heteroatoms. The number of benzene rings is 2. The van der Waals surface area contributed by atoms with Gasteiger partial charge >= 0.3 is 0 Å². The van der Waals surface area contributed by atoms with Gasteiger partial charge < -0.3 is 10.4 Å². The van der Waals surface area contributed by atoms with Gasteiger partial charge in [0.15, 0.2) is 0 Å². The molecule has 0 atom stereocenters. The minimum atomic E-state index is -0.507. The van der Waals surface area contributed by atoms with Gasteiger partial charge in [0.05, 0.1) is 10.6 Å². The van der Waals surface area contributed by atoms with Crippen molar-refractivity contribution in [3.63, 3.8) is 0 Å². The number of phenols is 1. The van der Waals surface area contributed by atoms with Gasteiger partial charge in [0.25, 0.3) is 5.91 Å². The molecule has 0 aliphatic carbocycles. The SMILES string of the molecule is O=C(Nc1ccc(Cl)c(O)c1)c1cc(F)ccc1Br. The van der Waals surface area contributed by atoms with E-state index in [1.165, 1.54) is 30.3 Å². The lowest BCUT2D eigenvalue weighted by atomic mass is 10.2. The highest BCUT2D eigenvalue weighted by molar-refractivity contribution is 9.10. The molecule has 0 unspecified atom stereocenters. The third-order valence-electron chi connectivity index (χ3n) is 2.38. The lowest BCUT2D eigenvalue weighted by Gasteiger charge is -2.08. The molecule has 2 aromatic carbocycles. The zero-order valence-electron chi connectivity index (χ0n) is 9.45. The number of aromatic hydroxyl groups is 1. The summed E-state index contributed by atoms with van der Waals surface area (Å²) in [6, 6.07) is 8.11. The molecule has 0 heterocycles. The second-order valence-corrected chi connectivity index (χ2v) is 5.01. The van der Waals surface area contributed by atoms with Gasteiger partial charge in [0.2, 0.25) is 0 Å². The number of phenolic OH excluding ortho intramolecular Hbond substituents is 1. The molecule has 0 spiro atoms. The van der Waals surface area contributed by atoms with E-state index in [9.17, 15) is 14.3 Å². The highest BCUT2D eigenvalue weighted by Gasteiger charge is 2.12. The van der Waals surface area contributed by atoms with E-state index < -0.39 is 11.7 Å². The van der Waals surface area contributed by atoms with E-state index in [4.69, 9.17) is 11.6 Å². The number of halogens is 3. The van der Waals surface area contributed by atoms with E-state index in [0.717, 1.165) is 6.07 Å². The average Bonchev–Trinajstić information content (AvgIpc) is 2.36. The third-order valence-corrected chi connectivity index (χ3v) is 3.39. The number of carbonyl (C=O) groups excluding carboxylic acids is 1. The second-order valence-electron chi connectivity index (χ2n) is 3.74. The van der Waals surface area contributed by atoms with Gasteiger partial charge in [-0.2, -0.15) is 0 Å². The Morgan fingerprint density at radius 3 is 2.68 bits per heavy atom. The van der Waals surface area contributed by atoms with E-state index >= 15 is 0 Å². The van der Waals surface area contributed by atoms with Crippen LogP contribution in [0.1, 0.15) is 10.4 Å². The van der Waals surface area contributed by atoms with Crippen LogP contribution in [0.2, 0.25) is 5.02 Å². The maximum Gasteiger partial charge on any atom is 0.256 e. The summed E-state index contributed by atoms with van der Waals surface area (Å²) in [5.74, 6) is -1.14. The number of hydrogen-bond acceptors (Lipinski definition) is 2. The number of rotatable bonds is 2. The Bertz CT molecular complexity index is 649. The van der Waals surface area contributed by atoms with E-state index in [0.29, 0.717) is 10.2 Å². The summed E-state index contributed by atoms with van der Waals surface area (Å²) < 4.78 is 13.6. The van der Waals surface area contributed by atoms with Crippen molar-refractivity contribution in [2.45, 2.75) is 0 Å². The van der Waals surface area contributed by atoms with Crippen LogP contribution in [0.15, 0.2) is 40.9 Å². The van der Waals surface area contributed by atoms with E-state index in [2.05, 4.69) is 21.2 Å². The van der Waals surface area contributed by atoms with Crippen molar-refractivity contribution < 1.29 is 14.3 Å². The van der Waals surface area contributed by atoms with Crippen molar-refractivity contribution in [1.29, 1.82) is 0 Å². The molecule has 0 aromatic heterocycles. The molecule has 2 rings (SSSR count). The van der Waals surface area contributed by atoms with E-state index in [-0.39, 0.29) is 16.3 Å². The van der Waals surface area contributed by atoms with E-state index in [1.54, 1.807) is 0 Å². The van der Waals surface area contributed by atoms with Crippen molar-refractivity contribution in [2.24, 2.45) is 0 Å². The minimum absolute atomic E-state index is 0.141. The standard InChI is InChI=1S/C13H8BrClFNO2/c14-10-3-1-7(16)5-9(10)13(19)17-8-2-4-11(15)12(18)6-8/h1-6,18H,(H,17,19). The van der Waals surface area contributed by atoms with Crippen molar-refractivity contribution in [3.8, 4) is 5.75 Å². The second kappa shape index (κ2) is 5.59. The summed E-state index contributed by atoms with van der Waals surface area (Å²) in [5.41, 5.74) is 0.525. The number of anilines is 1. The first-order valence-electron chi connectivity index (χ1n) is 5.22. The molecule has 0 aliphatic rings. The Morgan fingerprint density at radius 1 is 1.26 bits per heavy atom. The smallest absolute Gasteiger partial charge is 0.256 e. The Morgan fingerprint density at radius 2 is 2.00 bits per heavy atom. The number of hydrogen-bond donors (Lipinski definition) is 2. The highest BCUT2D eigenvalue weighted by Crippen LogP contribution is 2.27. The molecular weight excluding hydrogens is 337 g/mol. The Balaban J connectivity index is 2.25.